The summed E-state index contributed by atoms with van der Waals surface area (Å²) in [5, 5.41) is 0. The molecule has 1 aliphatic heterocycles. The van der Waals surface area contributed by atoms with Gasteiger partial charge < -0.3 is 10.5 Å². The van der Waals surface area contributed by atoms with Crippen LogP contribution in [0.5, 0.6) is 0 Å². The van der Waals surface area contributed by atoms with Gasteiger partial charge >= 0.3 is 0 Å². The molecule has 0 aliphatic carbocycles. The van der Waals surface area contributed by atoms with E-state index in [1.807, 2.05) is 0 Å². The van der Waals surface area contributed by atoms with Crippen LogP contribution >= 0.6 is 23.3 Å². The molecule has 16 heavy (non-hydrogen) atoms. The molecule has 90 valence electrons. The van der Waals surface area contributed by atoms with Gasteiger partial charge in [0, 0.05) is 30.7 Å². The number of nitrogens with two attached hydrogens (primary N) is 1. The van der Waals surface area contributed by atoms with E-state index in [0.717, 1.165) is 42.0 Å². The molecule has 0 bridgehead atoms. The summed E-state index contributed by atoms with van der Waals surface area (Å²) in [4.78, 5) is 4.41. The predicted octanol–water partition coefficient (Wildman–Crippen LogP) is 1.56. The summed E-state index contributed by atoms with van der Waals surface area (Å²) in [5.74, 6) is 2.36. The number of aryl methyl sites for hydroxylation is 1. The summed E-state index contributed by atoms with van der Waals surface area (Å²) < 4.78 is 10.6. The molecule has 2 heterocycles. The third-order valence-corrected chi connectivity index (χ3v) is 4.75. The lowest BCUT2D eigenvalue weighted by Crippen LogP contribution is -2.32. The van der Waals surface area contributed by atoms with Gasteiger partial charge in [-0.05, 0) is 18.0 Å². The molecule has 0 amide bonds. The molecular weight excluding hydrogens is 242 g/mol. The molecule has 1 aliphatic rings. The topological polar surface area (TPSA) is 61.0 Å². The van der Waals surface area contributed by atoms with Crippen LogP contribution < -0.4 is 5.73 Å². The van der Waals surface area contributed by atoms with Gasteiger partial charge in [-0.15, -0.1) is 0 Å². The number of nitrogens with zero attached hydrogens (tertiary/aromatic N) is 2. The molecule has 0 spiro atoms. The number of aromatic nitrogens is 2. The highest BCUT2D eigenvalue weighted by Gasteiger charge is 2.23. The molecule has 2 rings (SSSR count). The fraction of sp³-hybridized carbons (Fsp3) is 0.800. The normalized spacial score (nSPS) is 22.5. The zero-order valence-corrected chi connectivity index (χ0v) is 11.0. The first-order valence-corrected chi connectivity index (χ1v) is 7.34. The number of rotatable bonds is 5. The van der Waals surface area contributed by atoms with Crippen LogP contribution in [0.4, 0.5) is 0 Å². The van der Waals surface area contributed by atoms with E-state index in [1.165, 1.54) is 11.5 Å². The summed E-state index contributed by atoms with van der Waals surface area (Å²) in [6.45, 7) is 3.75. The first-order chi connectivity index (χ1) is 7.79. The van der Waals surface area contributed by atoms with E-state index < -0.39 is 0 Å². The van der Waals surface area contributed by atoms with Crippen molar-refractivity contribution in [3.8, 4) is 0 Å². The van der Waals surface area contributed by atoms with Gasteiger partial charge in [0.25, 0.3) is 0 Å². The van der Waals surface area contributed by atoms with Crippen molar-refractivity contribution in [2.75, 3.05) is 19.0 Å². The molecule has 4 nitrogen and oxygen atoms in total. The molecule has 0 aromatic carbocycles. The Kier molecular flexibility index (Phi) is 4.57. The Bertz CT molecular complexity index is 326. The molecule has 2 unspecified atom stereocenters. The van der Waals surface area contributed by atoms with Gasteiger partial charge in [0.05, 0.1) is 6.61 Å². The van der Waals surface area contributed by atoms with Crippen LogP contribution in [0.3, 0.4) is 0 Å². The van der Waals surface area contributed by atoms with Gasteiger partial charge in [-0.25, -0.2) is 4.98 Å². The predicted molar refractivity (Wildman–Crippen MR) is 66.9 cm³/mol. The van der Waals surface area contributed by atoms with Crippen molar-refractivity contribution in [3.05, 3.63) is 5.82 Å². The second kappa shape index (κ2) is 5.95. The van der Waals surface area contributed by atoms with Crippen LogP contribution in [0.2, 0.25) is 0 Å². The quantitative estimate of drug-likeness (QED) is 0.813. The van der Waals surface area contributed by atoms with E-state index in [1.54, 1.807) is 11.8 Å². The van der Waals surface area contributed by atoms with E-state index in [-0.39, 0.29) is 6.04 Å². The minimum absolute atomic E-state index is 0.210. The largest absolute Gasteiger partial charge is 0.381 e. The summed E-state index contributed by atoms with van der Waals surface area (Å²) in [7, 11) is 0. The maximum atomic E-state index is 6.12. The molecule has 1 saturated heterocycles. The smallest absolute Gasteiger partial charge is 0.170 e. The monoisotopic (exact) mass is 259 g/mol. The van der Waals surface area contributed by atoms with E-state index in [2.05, 4.69) is 16.3 Å². The van der Waals surface area contributed by atoms with Crippen molar-refractivity contribution in [1.82, 2.24) is 9.36 Å². The van der Waals surface area contributed by atoms with Crippen molar-refractivity contribution in [1.29, 1.82) is 0 Å². The highest BCUT2D eigenvalue weighted by Crippen LogP contribution is 2.24. The van der Waals surface area contributed by atoms with Crippen molar-refractivity contribution >= 4 is 23.3 Å². The van der Waals surface area contributed by atoms with Crippen molar-refractivity contribution in [2.24, 2.45) is 11.7 Å². The number of ether oxygens (including phenoxy) is 1. The molecule has 1 aromatic heterocycles. The maximum Gasteiger partial charge on any atom is 0.170 e. The van der Waals surface area contributed by atoms with Gasteiger partial charge in [0.15, 0.2) is 4.34 Å². The van der Waals surface area contributed by atoms with Gasteiger partial charge in [-0.1, -0.05) is 18.7 Å². The van der Waals surface area contributed by atoms with Gasteiger partial charge in [0.1, 0.15) is 5.82 Å². The van der Waals surface area contributed by atoms with Gasteiger partial charge in [-0.2, -0.15) is 4.37 Å². The Labute approximate surface area is 104 Å². The van der Waals surface area contributed by atoms with E-state index in [4.69, 9.17) is 10.5 Å². The second-order valence-electron chi connectivity index (χ2n) is 3.93. The third kappa shape index (κ3) is 3.16. The molecule has 2 atom stereocenters. The summed E-state index contributed by atoms with van der Waals surface area (Å²) in [5.41, 5.74) is 6.12. The minimum atomic E-state index is 0.210. The van der Waals surface area contributed by atoms with Crippen molar-refractivity contribution < 1.29 is 4.74 Å². The van der Waals surface area contributed by atoms with E-state index in [0.29, 0.717) is 5.92 Å². The lowest BCUT2D eigenvalue weighted by atomic mass is 10.0. The fourth-order valence-corrected chi connectivity index (χ4v) is 3.44. The lowest BCUT2D eigenvalue weighted by Gasteiger charge is -2.15. The molecule has 2 N–H and O–H groups in total. The molecular formula is C10H17N3OS2. The van der Waals surface area contributed by atoms with Crippen LogP contribution in [0.25, 0.3) is 0 Å². The fourth-order valence-electron chi connectivity index (χ4n) is 1.63. The van der Waals surface area contributed by atoms with Crippen LogP contribution in [-0.4, -0.2) is 34.4 Å². The first kappa shape index (κ1) is 12.3. The molecule has 0 radical (unpaired) electrons. The second-order valence-corrected chi connectivity index (χ2v) is 5.95. The summed E-state index contributed by atoms with van der Waals surface area (Å²) in [6, 6.07) is 0.210. The Morgan fingerprint density at radius 3 is 3.19 bits per heavy atom. The molecule has 6 heteroatoms. The average molecular weight is 259 g/mol. The summed E-state index contributed by atoms with van der Waals surface area (Å²) >= 11 is 3.19. The third-order valence-electron chi connectivity index (χ3n) is 2.74. The van der Waals surface area contributed by atoms with Crippen LogP contribution in [0, 0.1) is 5.92 Å². The Balaban J connectivity index is 1.77. The Morgan fingerprint density at radius 1 is 1.69 bits per heavy atom. The maximum absolute atomic E-state index is 6.12. The van der Waals surface area contributed by atoms with Crippen LogP contribution in [0.15, 0.2) is 4.34 Å². The standard InChI is InChI=1S/C10H17N3OS2/c1-2-9-12-10(16-13-9)15-6-8(11)7-3-4-14-5-7/h7-8H,2-6,11H2,1H3. The van der Waals surface area contributed by atoms with E-state index in [9.17, 15) is 0 Å². The Morgan fingerprint density at radius 2 is 2.56 bits per heavy atom. The van der Waals surface area contributed by atoms with Crippen molar-refractivity contribution in [2.45, 2.75) is 30.1 Å². The minimum Gasteiger partial charge on any atom is -0.381 e. The highest BCUT2D eigenvalue weighted by atomic mass is 32.2. The zero-order chi connectivity index (χ0) is 11.4. The van der Waals surface area contributed by atoms with E-state index >= 15 is 0 Å². The van der Waals surface area contributed by atoms with Crippen molar-refractivity contribution in [3.63, 3.8) is 0 Å². The first-order valence-electron chi connectivity index (χ1n) is 5.58. The Hall–Kier alpha value is -0.170. The zero-order valence-electron chi connectivity index (χ0n) is 9.39. The average Bonchev–Trinajstić information content (AvgIpc) is 2.96. The molecule has 1 fully saturated rings. The SMILES string of the molecule is CCc1nsc(SCC(N)C2CCOC2)n1. The summed E-state index contributed by atoms with van der Waals surface area (Å²) in [6.07, 6.45) is 2.00. The number of thioether (sulfide) groups is 1. The molecule has 0 saturated carbocycles. The van der Waals surface area contributed by atoms with Gasteiger partial charge in [0.2, 0.25) is 0 Å². The highest BCUT2D eigenvalue weighted by molar-refractivity contribution is 8.00. The van der Waals surface area contributed by atoms with Crippen LogP contribution in [-0.2, 0) is 11.2 Å². The number of hydrogen-bond acceptors (Lipinski definition) is 6. The van der Waals surface area contributed by atoms with Crippen LogP contribution in [0.1, 0.15) is 19.2 Å². The lowest BCUT2D eigenvalue weighted by molar-refractivity contribution is 0.182. The number of hydrogen-bond donors (Lipinski definition) is 1. The van der Waals surface area contributed by atoms with Gasteiger partial charge in [-0.3, -0.25) is 0 Å². The molecule has 1 aromatic rings.